The largest absolute Gasteiger partial charge is 0.433 e. The summed E-state index contributed by atoms with van der Waals surface area (Å²) in [5, 5.41) is 4.18. The molecule has 4 aromatic rings. The van der Waals surface area contributed by atoms with E-state index in [2.05, 4.69) is 10.2 Å². The molecule has 2 heterocycles. The second-order valence-electron chi connectivity index (χ2n) is 9.62. The minimum Gasteiger partial charge on any atom is -0.286 e. The first kappa shape index (κ1) is 26.6. The Morgan fingerprint density at radius 2 is 1.03 bits per heavy atom. The predicted molar refractivity (Wildman–Crippen MR) is 131 cm³/mol. The van der Waals surface area contributed by atoms with Crippen LogP contribution in [0.2, 0.25) is 0 Å². The maximum Gasteiger partial charge on any atom is 0.433 e. The topological polar surface area (TPSA) is 75.6 Å². The Bertz CT molecular complexity index is 1450. The number of benzene rings is 2. The van der Waals surface area contributed by atoms with Gasteiger partial charge >= 0.3 is 12.4 Å². The van der Waals surface area contributed by atoms with Crippen LogP contribution in [-0.4, -0.2) is 19.6 Å². The molecule has 1 saturated carbocycles. The van der Waals surface area contributed by atoms with Crippen molar-refractivity contribution >= 4 is 0 Å². The van der Waals surface area contributed by atoms with Gasteiger partial charge in [0.25, 0.3) is 11.1 Å². The number of hydrogen-bond donors (Lipinski definition) is 2. The normalized spacial score (nSPS) is 15.3. The van der Waals surface area contributed by atoms with E-state index in [4.69, 9.17) is 0 Å². The maximum atomic E-state index is 14.4. The number of aromatic nitrogens is 4. The van der Waals surface area contributed by atoms with Gasteiger partial charge in [-0.05, 0) is 43.0 Å². The van der Waals surface area contributed by atoms with E-state index in [0.29, 0.717) is 22.2 Å². The van der Waals surface area contributed by atoms with Gasteiger partial charge in [-0.25, -0.2) is 9.36 Å². The average molecular weight is 551 g/mol. The molecule has 1 fully saturated rings. The van der Waals surface area contributed by atoms with Gasteiger partial charge in [-0.1, -0.05) is 55.7 Å². The first-order valence-corrected chi connectivity index (χ1v) is 12.4. The monoisotopic (exact) mass is 550 g/mol. The molecule has 0 atom stereocenters. The van der Waals surface area contributed by atoms with Gasteiger partial charge in [0.2, 0.25) is 0 Å². The van der Waals surface area contributed by atoms with Crippen molar-refractivity contribution in [2.45, 2.75) is 50.4 Å². The summed E-state index contributed by atoms with van der Waals surface area (Å²) in [4.78, 5) is 27.3. The number of hydrogen-bond acceptors (Lipinski definition) is 2. The molecule has 12 heteroatoms. The Morgan fingerprint density at radius 1 is 0.641 bits per heavy atom. The van der Waals surface area contributed by atoms with Crippen LogP contribution in [0.3, 0.4) is 0 Å². The van der Waals surface area contributed by atoms with Gasteiger partial charge in [0.05, 0.1) is 22.5 Å². The lowest BCUT2D eigenvalue weighted by Gasteiger charge is -2.30. The molecule has 0 amide bonds. The Balaban J connectivity index is 1.85. The van der Waals surface area contributed by atoms with Gasteiger partial charge in [-0.2, -0.15) is 26.3 Å². The van der Waals surface area contributed by atoms with Crippen LogP contribution in [-0.2, 0) is 12.4 Å². The van der Waals surface area contributed by atoms with Crippen molar-refractivity contribution in [3.8, 4) is 11.4 Å². The molecule has 0 spiro atoms. The molecule has 1 aliphatic rings. The summed E-state index contributed by atoms with van der Waals surface area (Å²) in [6.45, 7) is 0. The number of alkyl halides is 6. The van der Waals surface area contributed by atoms with E-state index in [1.54, 1.807) is 12.1 Å². The highest BCUT2D eigenvalue weighted by Gasteiger charge is 2.48. The Kier molecular flexibility index (Phi) is 6.81. The Labute approximate surface area is 217 Å². The van der Waals surface area contributed by atoms with Gasteiger partial charge in [0.15, 0.2) is 0 Å². The van der Waals surface area contributed by atoms with Gasteiger partial charge < -0.3 is 0 Å². The summed E-state index contributed by atoms with van der Waals surface area (Å²) in [5.74, 6) is -2.54. The van der Waals surface area contributed by atoms with E-state index >= 15 is 0 Å². The van der Waals surface area contributed by atoms with Crippen LogP contribution in [0.4, 0.5) is 26.3 Å². The molecule has 1 aliphatic carbocycles. The Hall–Kier alpha value is -3.96. The number of aromatic amines is 2. The molecule has 0 aliphatic heterocycles. The van der Waals surface area contributed by atoms with Gasteiger partial charge in [0.1, 0.15) is 11.4 Å². The Morgan fingerprint density at radius 3 is 1.38 bits per heavy atom. The first-order chi connectivity index (χ1) is 18.5. The molecule has 0 saturated heterocycles. The zero-order valence-electron chi connectivity index (χ0n) is 20.4. The molecule has 0 radical (unpaired) electrons. The fraction of sp³-hybridized carbons (Fsp3) is 0.333. The van der Waals surface area contributed by atoms with Crippen LogP contribution in [0.5, 0.6) is 0 Å². The molecule has 0 bridgehead atoms. The molecule has 6 nitrogen and oxygen atoms in total. The summed E-state index contributed by atoms with van der Waals surface area (Å²) in [5.41, 5.74) is -6.85. The highest BCUT2D eigenvalue weighted by Crippen LogP contribution is 2.45. The molecular weight excluding hydrogens is 526 g/mol. The lowest BCUT2D eigenvalue weighted by atomic mass is 9.73. The van der Waals surface area contributed by atoms with E-state index in [0.717, 1.165) is 6.42 Å². The summed E-state index contributed by atoms with van der Waals surface area (Å²) < 4.78 is 87.8. The number of rotatable bonds is 5. The average Bonchev–Trinajstić information content (AvgIpc) is 3.44. The third-order valence-corrected chi connectivity index (χ3v) is 7.19. The molecule has 0 unspecified atom stereocenters. The van der Waals surface area contributed by atoms with Crippen LogP contribution in [0, 0.1) is 5.92 Å². The number of halogens is 6. The molecule has 2 aromatic heterocycles. The van der Waals surface area contributed by atoms with E-state index in [1.165, 1.54) is 48.5 Å². The van der Waals surface area contributed by atoms with Crippen molar-refractivity contribution in [2.75, 3.05) is 0 Å². The summed E-state index contributed by atoms with van der Waals surface area (Å²) in [6.07, 6.45) is -7.80. The first-order valence-electron chi connectivity index (χ1n) is 12.4. The van der Waals surface area contributed by atoms with Gasteiger partial charge in [0, 0.05) is 5.92 Å². The van der Waals surface area contributed by atoms with E-state index < -0.39 is 57.8 Å². The minimum atomic E-state index is -5.10. The fourth-order valence-electron chi connectivity index (χ4n) is 5.51. The molecule has 206 valence electrons. The number of H-pyrrole nitrogens is 2. The van der Waals surface area contributed by atoms with Crippen LogP contribution in [0.15, 0.2) is 70.3 Å². The summed E-state index contributed by atoms with van der Waals surface area (Å²) in [6, 6.07) is 14.9. The second-order valence-corrected chi connectivity index (χ2v) is 9.62. The van der Waals surface area contributed by atoms with Crippen molar-refractivity contribution in [3.63, 3.8) is 0 Å². The van der Waals surface area contributed by atoms with Gasteiger partial charge in [-0.15, -0.1) is 0 Å². The minimum absolute atomic E-state index is 0.0773. The van der Waals surface area contributed by atoms with Crippen LogP contribution < -0.4 is 11.1 Å². The highest BCUT2D eigenvalue weighted by atomic mass is 19.4. The summed E-state index contributed by atoms with van der Waals surface area (Å²) >= 11 is 0. The number of nitrogens with one attached hydrogen (secondary N) is 2. The lowest BCUT2D eigenvalue weighted by molar-refractivity contribution is -0.142. The van der Waals surface area contributed by atoms with Crippen molar-refractivity contribution in [1.82, 2.24) is 19.6 Å². The third-order valence-electron chi connectivity index (χ3n) is 7.19. The van der Waals surface area contributed by atoms with E-state index in [-0.39, 0.29) is 24.2 Å². The van der Waals surface area contributed by atoms with Crippen LogP contribution >= 0.6 is 0 Å². The van der Waals surface area contributed by atoms with Crippen molar-refractivity contribution in [2.24, 2.45) is 5.92 Å². The second kappa shape index (κ2) is 9.97. The third kappa shape index (κ3) is 4.95. The molecular formula is C27H24F6N4O2. The molecule has 5 rings (SSSR count). The van der Waals surface area contributed by atoms with Crippen LogP contribution in [0.25, 0.3) is 11.4 Å². The van der Waals surface area contributed by atoms with Gasteiger partial charge in [-0.3, -0.25) is 19.8 Å². The lowest BCUT2D eigenvalue weighted by Crippen LogP contribution is -2.31. The number of para-hydroxylation sites is 2. The van der Waals surface area contributed by atoms with Crippen molar-refractivity contribution in [3.05, 3.63) is 104 Å². The van der Waals surface area contributed by atoms with Crippen molar-refractivity contribution < 1.29 is 26.3 Å². The standard InChI is InChI=1S/C27H24F6N4O2/c28-26(29,30)22-20(24(38)36(34-22)17-12-6-2-7-13-17)19(16-10-4-1-5-11-16)21-23(27(31,32)33)35-37(25(21)39)18-14-8-3-9-15-18/h2-3,6-9,12-16,19,34-35H,1,4-5,10-11H2. The predicted octanol–water partition coefficient (Wildman–Crippen LogP) is 6.39. The molecule has 2 N–H and O–H groups in total. The quantitative estimate of drug-likeness (QED) is 0.283. The van der Waals surface area contributed by atoms with Crippen molar-refractivity contribution in [1.29, 1.82) is 0 Å². The maximum absolute atomic E-state index is 14.4. The zero-order valence-corrected chi connectivity index (χ0v) is 20.4. The SMILES string of the molecule is O=c1c(C(c2c(C(F)(F)F)[nH]n(-c3ccccc3)c2=O)C2CCCCC2)c(C(F)(F)F)[nH]n1-c1ccccc1. The molecule has 2 aromatic carbocycles. The fourth-order valence-corrected chi connectivity index (χ4v) is 5.51. The highest BCUT2D eigenvalue weighted by molar-refractivity contribution is 5.43. The van der Waals surface area contributed by atoms with E-state index in [9.17, 15) is 35.9 Å². The molecule has 39 heavy (non-hydrogen) atoms. The zero-order chi connectivity index (χ0) is 27.9. The van der Waals surface area contributed by atoms with Crippen LogP contribution in [0.1, 0.15) is 60.5 Å². The van der Waals surface area contributed by atoms with E-state index in [1.807, 2.05) is 0 Å². The number of nitrogens with zero attached hydrogens (tertiary/aromatic N) is 2. The smallest absolute Gasteiger partial charge is 0.286 e. The summed E-state index contributed by atoms with van der Waals surface area (Å²) in [7, 11) is 0.